The van der Waals surface area contributed by atoms with E-state index in [2.05, 4.69) is 24.5 Å². The molecular formula is C17H26N4O. The number of aryl methyl sites for hydroxylation is 1. The van der Waals surface area contributed by atoms with Crippen LogP contribution in [0.1, 0.15) is 43.6 Å². The summed E-state index contributed by atoms with van der Waals surface area (Å²) in [7, 11) is 2.03. The van der Waals surface area contributed by atoms with Gasteiger partial charge in [0.25, 0.3) is 0 Å². The summed E-state index contributed by atoms with van der Waals surface area (Å²) >= 11 is 0. The van der Waals surface area contributed by atoms with Crippen LogP contribution in [0.4, 0.5) is 0 Å². The first-order valence-corrected chi connectivity index (χ1v) is 8.57. The number of rotatable bonds is 3. The summed E-state index contributed by atoms with van der Waals surface area (Å²) in [6.07, 6.45) is 4.68. The molecule has 3 aliphatic rings. The average Bonchev–Trinajstić information content (AvgIpc) is 2.82. The molecule has 5 heteroatoms. The molecule has 5 nitrogen and oxygen atoms in total. The number of hydrogen-bond acceptors (Lipinski definition) is 3. The van der Waals surface area contributed by atoms with E-state index in [4.69, 9.17) is 5.10 Å². The van der Waals surface area contributed by atoms with Gasteiger partial charge in [-0.1, -0.05) is 0 Å². The van der Waals surface area contributed by atoms with Crippen molar-refractivity contribution in [2.75, 3.05) is 13.1 Å². The minimum absolute atomic E-state index is 0.219. The molecule has 1 aromatic rings. The first kappa shape index (κ1) is 14.2. The number of fused-ring (bicyclic) bond motifs is 2. The van der Waals surface area contributed by atoms with Crippen molar-refractivity contribution in [3.8, 4) is 0 Å². The molecule has 0 aromatic carbocycles. The number of hydrogen-bond donors (Lipinski definition) is 2. The smallest absolute Gasteiger partial charge is 0.224 e. The van der Waals surface area contributed by atoms with Gasteiger partial charge in [-0.15, -0.1) is 0 Å². The zero-order valence-electron chi connectivity index (χ0n) is 13.8. The van der Waals surface area contributed by atoms with Gasteiger partial charge in [0.2, 0.25) is 5.91 Å². The number of aromatic nitrogens is 2. The predicted molar refractivity (Wildman–Crippen MR) is 84.4 cm³/mol. The highest BCUT2D eigenvalue weighted by Gasteiger charge is 2.57. The van der Waals surface area contributed by atoms with Gasteiger partial charge in [0.15, 0.2) is 0 Å². The molecule has 1 aromatic heterocycles. The molecule has 4 rings (SSSR count). The molecule has 120 valence electrons. The monoisotopic (exact) mass is 302 g/mol. The molecule has 1 saturated carbocycles. The maximum absolute atomic E-state index is 12.6. The van der Waals surface area contributed by atoms with Gasteiger partial charge < -0.3 is 10.6 Å². The molecule has 1 amide bonds. The van der Waals surface area contributed by atoms with Crippen molar-refractivity contribution >= 4 is 5.91 Å². The second-order valence-electron chi connectivity index (χ2n) is 7.73. The van der Waals surface area contributed by atoms with Gasteiger partial charge in [-0.2, -0.15) is 5.10 Å². The first-order chi connectivity index (χ1) is 10.5. The van der Waals surface area contributed by atoms with Crippen LogP contribution in [0.25, 0.3) is 0 Å². The van der Waals surface area contributed by atoms with Crippen molar-refractivity contribution in [3.05, 3.63) is 17.0 Å². The van der Waals surface area contributed by atoms with Crippen LogP contribution in [-0.2, 0) is 30.2 Å². The van der Waals surface area contributed by atoms with Crippen molar-refractivity contribution in [2.45, 2.75) is 45.1 Å². The number of piperidine rings is 1. The Morgan fingerprint density at radius 3 is 2.68 bits per heavy atom. The molecule has 0 spiro atoms. The highest BCUT2D eigenvalue weighted by molar-refractivity contribution is 5.83. The Hall–Kier alpha value is -1.36. The molecule has 2 aliphatic carbocycles. The fourth-order valence-corrected chi connectivity index (χ4v) is 4.53. The van der Waals surface area contributed by atoms with Crippen LogP contribution in [-0.4, -0.2) is 28.8 Å². The Morgan fingerprint density at radius 1 is 1.27 bits per heavy atom. The summed E-state index contributed by atoms with van der Waals surface area (Å²) in [5.41, 5.74) is 3.42. The Labute approximate surface area is 131 Å². The van der Waals surface area contributed by atoms with E-state index in [-0.39, 0.29) is 17.4 Å². The lowest BCUT2D eigenvalue weighted by molar-refractivity contribution is -0.124. The topological polar surface area (TPSA) is 59.0 Å². The van der Waals surface area contributed by atoms with Crippen LogP contribution < -0.4 is 10.6 Å². The van der Waals surface area contributed by atoms with E-state index in [0.29, 0.717) is 11.8 Å². The third-order valence-electron chi connectivity index (χ3n) is 5.79. The summed E-state index contributed by atoms with van der Waals surface area (Å²) < 4.78 is 2.02. The number of nitrogens with zero attached hydrogens (tertiary/aromatic N) is 2. The lowest BCUT2D eigenvalue weighted by Crippen LogP contribution is -2.44. The Balaban J connectivity index is 1.55. The van der Waals surface area contributed by atoms with Crippen molar-refractivity contribution in [2.24, 2.45) is 24.8 Å². The van der Waals surface area contributed by atoms with Gasteiger partial charge in [0.1, 0.15) is 0 Å². The van der Waals surface area contributed by atoms with Gasteiger partial charge in [0.05, 0.1) is 11.2 Å². The van der Waals surface area contributed by atoms with E-state index in [1.165, 1.54) is 24.1 Å². The summed E-state index contributed by atoms with van der Waals surface area (Å²) in [5, 5.41) is 11.4. The highest BCUT2D eigenvalue weighted by Crippen LogP contribution is 2.49. The van der Waals surface area contributed by atoms with Crippen molar-refractivity contribution in [1.29, 1.82) is 0 Å². The van der Waals surface area contributed by atoms with Crippen LogP contribution in [0, 0.1) is 17.8 Å². The summed E-state index contributed by atoms with van der Waals surface area (Å²) in [5.74, 6) is 1.57. The van der Waals surface area contributed by atoms with Crippen molar-refractivity contribution in [1.82, 2.24) is 20.4 Å². The quantitative estimate of drug-likeness (QED) is 0.879. The van der Waals surface area contributed by atoms with Crippen molar-refractivity contribution < 1.29 is 4.79 Å². The fraction of sp³-hybridized carbons (Fsp3) is 0.765. The van der Waals surface area contributed by atoms with E-state index in [1.54, 1.807) is 0 Å². The Kier molecular flexibility index (Phi) is 3.12. The molecular weight excluding hydrogens is 276 g/mol. The van der Waals surface area contributed by atoms with Gasteiger partial charge >= 0.3 is 0 Å². The first-order valence-electron chi connectivity index (χ1n) is 8.57. The van der Waals surface area contributed by atoms with E-state index < -0.39 is 0 Å². The largest absolute Gasteiger partial charge is 0.345 e. The molecule has 2 N–H and O–H groups in total. The van der Waals surface area contributed by atoms with Gasteiger partial charge in [-0.05, 0) is 70.0 Å². The number of carbonyl (C=O) groups is 1. The molecule has 1 aliphatic heterocycles. The number of amides is 1. The summed E-state index contributed by atoms with van der Waals surface area (Å²) in [6, 6.07) is 0. The molecule has 2 heterocycles. The summed E-state index contributed by atoms with van der Waals surface area (Å²) in [4.78, 5) is 12.6. The third-order valence-corrected chi connectivity index (χ3v) is 5.79. The van der Waals surface area contributed by atoms with Crippen LogP contribution in [0.15, 0.2) is 0 Å². The number of carbonyl (C=O) groups excluding carboxylic acids is 1. The number of nitrogens with one attached hydrogen (secondary N) is 2. The maximum Gasteiger partial charge on any atom is 0.224 e. The van der Waals surface area contributed by atoms with Gasteiger partial charge in [0, 0.05) is 18.7 Å². The molecule has 2 fully saturated rings. The average molecular weight is 302 g/mol. The van der Waals surface area contributed by atoms with Crippen LogP contribution in [0.3, 0.4) is 0 Å². The Morgan fingerprint density at radius 2 is 1.95 bits per heavy atom. The standard InChI is InChI=1S/C17H26N4O/c1-17(2,19-16(22)14-11-8-18-9-12(11)14)15-10-6-4-5-7-13(10)21(3)20-15/h11-12,14,18H,4-9H2,1-3H3,(H,19,22)/t11-,12+,14?. The predicted octanol–water partition coefficient (Wildman–Crippen LogP) is 1.12. The molecule has 1 saturated heterocycles. The van der Waals surface area contributed by atoms with E-state index in [1.807, 2.05) is 11.7 Å². The van der Waals surface area contributed by atoms with Crippen molar-refractivity contribution in [3.63, 3.8) is 0 Å². The molecule has 3 atom stereocenters. The molecule has 0 radical (unpaired) electrons. The second kappa shape index (κ2) is 4.82. The van der Waals surface area contributed by atoms with Gasteiger partial charge in [-0.3, -0.25) is 9.48 Å². The van der Waals surface area contributed by atoms with Gasteiger partial charge in [-0.25, -0.2) is 0 Å². The zero-order chi connectivity index (χ0) is 15.5. The fourth-order valence-electron chi connectivity index (χ4n) is 4.53. The lowest BCUT2D eigenvalue weighted by Gasteiger charge is -2.27. The molecule has 1 unspecified atom stereocenters. The normalized spacial score (nSPS) is 29.9. The molecule has 22 heavy (non-hydrogen) atoms. The summed E-state index contributed by atoms with van der Waals surface area (Å²) in [6.45, 7) is 6.20. The van der Waals surface area contributed by atoms with E-state index >= 15 is 0 Å². The maximum atomic E-state index is 12.6. The Bertz CT molecular complexity index is 608. The third kappa shape index (κ3) is 2.09. The SMILES string of the molecule is Cn1nc(C(C)(C)NC(=O)C2[C@H]3CNC[C@@H]23)c2c1CCCC2. The minimum Gasteiger partial charge on any atom is -0.345 e. The zero-order valence-corrected chi connectivity index (χ0v) is 13.8. The molecule has 0 bridgehead atoms. The van der Waals surface area contributed by atoms with E-state index in [0.717, 1.165) is 31.6 Å². The van der Waals surface area contributed by atoms with Crippen LogP contribution in [0.2, 0.25) is 0 Å². The lowest BCUT2D eigenvalue weighted by atomic mass is 9.88. The second-order valence-corrected chi connectivity index (χ2v) is 7.73. The van der Waals surface area contributed by atoms with Crippen LogP contribution in [0.5, 0.6) is 0 Å². The highest BCUT2D eigenvalue weighted by atomic mass is 16.2. The van der Waals surface area contributed by atoms with E-state index in [9.17, 15) is 4.79 Å². The minimum atomic E-state index is -0.385. The van der Waals surface area contributed by atoms with Crippen LogP contribution >= 0.6 is 0 Å².